The molecule has 3 aromatic carbocycles. The zero-order valence-electron chi connectivity index (χ0n) is 17.7. The van der Waals surface area contributed by atoms with E-state index in [1.54, 1.807) is 6.07 Å². The highest BCUT2D eigenvalue weighted by molar-refractivity contribution is 6.31. The number of halogens is 1. The average Bonchev–Trinajstić information content (AvgIpc) is 2.72. The zero-order chi connectivity index (χ0) is 21.7. The molecule has 0 aliphatic carbocycles. The number of benzene rings is 3. The van der Waals surface area contributed by atoms with E-state index in [9.17, 15) is 4.79 Å². The third-order valence-electron chi connectivity index (χ3n) is 4.87. The smallest absolute Gasteiger partial charge is 0.255 e. The van der Waals surface area contributed by atoms with Crippen LogP contribution in [0.1, 0.15) is 39.5 Å². The van der Waals surface area contributed by atoms with Gasteiger partial charge in [-0.2, -0.15) is 0 Å². The highest BCUT2D eigenvalue weighted by atomic mass is 35.5. The maximum Gasteiger partial charge on any atom is 0.255 e. The maximum atomic E-state index is 12.9. The molecule has 0 aromatic heterocycles. The first-order valence-corrected chi connectivity index (χ1v) is 10.3. The summed E-state index contributed by atoms with van der Waals surface area (Å²) in [6.45, 7) is 8.62. The molecule has 5 heteroatoms. The summed E-state index contributed by atoms with van der Waals surface area (Å²) in [5.74, 6) is 1.25. The standard InChI is InChI=1S/C25H26ClNO3/c1-5-29-23-12-9-19(25(28)27-24-16(2)7-6-8-17(24)3)14-20(23)15-30-21-10-11-22(26)18(4)13-21/h6-14H,5,15H2,1-4H3,(H,27,28). The van der Waals surface area contributed by atoms with Crippen LogP contribution in [0, 0.1) is 20.8 Å². The molecule has 156 valence electrons. The number of hydrogen-bond acceptors (Lipinski definition) is 3. The molecule has 1 N–H and O–H groups in total. The van der Waals surface area contributed by atoms with E-state index in [2.05, 4.69) is 5.32 Å². The molecule has 3 aromatic rings. The van der Waals surface area contributed by atoms with Crippen molar-refractivity contribution >= 4 is 23.2 Å². The number of ether oxygens (including phenoxy) is 2. The van der Waals surface area contributed by atoms with Crippen molar-refractivity contribution in [2.45, 2.75) is 34.3 Å². The van der Waals surface area contributed by atoms with E-state index in [1.807, 2.05) is 76.2 Å². The van der Waals surface area contributed by atoms with Gasteiger partial charge in [-0.15, -0.1) is 0 Å². The lowest BCUT2D eigenvalue weighted by molar-refractivity contribution is 0.102. The van der Waals surface area contributed by atoms with Crippen molar-refractivity contribution in [2.24, 2.45) is 0 Å². The van der Waals surface area contributed by atoms with Gasteiger partial charge in [-0.05, 0) is 80.8 Å². The topological polar surface area (TPSA) is 47.6 Å². The molecule has 0 atom stereocenters. The van der Waals surface area contributed by atoms with Crippen LogP contribution >= 0.6 is 11.6 Å². The first-order valence-electron chi connectivity index (χ1n) is 9.91. The van der Waals surface area contributed by atoms with E-state index in [0.717, 1.165) is 27.9 Å². The predicted molar refractivity (Wildman–Crippen MR) is 122 cm³/mol. The molecule has 0 unspecified atom stereocenters. The van der Waals surface area contributed by atoms with Crippen LogP contribution in [0.15, 0.2) is 54.6 Å². The number of anilines is 1. The van der Waals surface area contributed by atoms with Crippen LogP contribution in [0.2, 0.25) is 5.02 Å². The van der Waals surface area contributed by atoms with Gasteiger partial charge < -0.3 is 14.8 Å². The van der Waals surface area contributed by atoms with Gasteiger partial charge in [0.1, 0.15) is 18.1 Å². The second kappa shape index (κ2) is 9.68. The molecule has 0 bridgehead atoms. The molecular weight excluding hydrogens is 398 g/mol. The number of nitrogens with one attached hydrogen (secondary N) is 1. The number of carbonyl (C=O) groups is 1. The lowest BCUT2D eigenvalue weighted by Gasteiger charge is -2.15. The maximum absolute atomic E-state index is 12.9. The monoisotopic (exact) mass is 423 g/mol. The van der Waals surface area contributed by atoms with Gasteiger partial charge in [0, 0.05) is 21.8 Å². The van der Waals surface area contributed by atoms with Gasteiger partial charge in [-0.1, -0.05) is 29.8 Å². The Kier molecular flexibility index (Phi) is 7.01. The van der Waals surface area contributed by atoms with Gasteiger partial charge in [0.25, 0.3) is 5.91 Å². The summed E-state index contributed by atoms with van der Waals surface area (Å²) in [6, 6.07) is 16.9. The van der Waals surface area contributed by atoms with Crippen LogP contribution < -0.4 is 14.8 Å². The minimum Gasteiger partial charge on any atom is -0.493 e. The second-order valence-electron chi connectivity index (χ2n) is 7.18. The molecule has 0 radical (unpaired) electrons. The lowest BCUT2D eigenvalue weighted by Crippen LogP contribution is -2.14. The summed E-state index contributed by atoms with van der Waals surface area (Å²) in [5.41, 5.74) is 5.18. The molecule has 3 rings (SSSR count). The summed E-state index contributed by atoms with van der Waals surface area (Å²) in [7, 11) is 0. The summed E-state index contributed by atoms with van der Waals surface area (Å²) < 4.78 is 11.7. The Labute approximate surface area is 182 Å². The van der Waals surface area contributed by atoms with E-state index in [1.165, 1.54) is 0 Å². The number of hydrogen-bond donors (Lipinski definition) is 1. The van der Waals surface area contributed by atoms with Gasteiger partial charge in [0.2, 0.25) is 0 Å². The van der Waals surface area contributed by atoms with Crippen molar-refractivity contribution in [1.29, 1.82) is 0 Å². The van der Waals surface area contributed by atoms with Crippen LogP contribution in [0.4, 0.5) is 5.69 Å². The minimum absolute atomic E-state index is 0.168. The fraction of sp³-hybridized carbons (Fsp3) is 0.240. The van der Waals surface area contributed by atoms with Crippen LogP contribution in [-0.2, 0) is 6.61 Å². The highest BCUT2D eigenvalue weighted by Crippen LogP contribution is 2.26. The average molecular weight is 424 g/mol. The fourth-order valence-electron chi connectivity index (χ4n) is 3.20. The first-order chi connectivity index (χ1) is 14.4. The molecule has 0 heterocycles. The third kappa shape index (κ3) is 5.14. The quantitative estimate of drug-likeness (QED) is 0.472. The summed E-state index contributed by atoms with van der Waals surface area (Å²) in [6.07, 6.45) is 0. The van der Waals surface area contributed by atoms with Gasteiger partial charge in [0.15, 0.2) is 0 Å². The van der Waals surface area contributed by atoms with E-state index in [0.29, 0.717) is 28.7 Å². The number of aryl methyl sites for hydroxylation is 3. The Morgan fingerprint density at radius 3 is 2.33 bits per heavy atom. The number of para-hydroxylation sites is 1. The molecule has 0 spiro atoms. The summed E-state index contributed by atoms with van der Waals surface area (Å²) in [5, 5.41) is 3.72. The van der Waals surface area contributed by atoms with E-state index >= 15 is 0 Å². The van der Waals surface area contributed by atoms with E-state index in [4.69, 9.17) is 21.1 Å². The molecule has 0 fully saturated rings. The molecule has 4 nitrogen and oxygen atoms in total. The van der Waals surface area contributed by atoms with E-state index < -0.39 is 0 Å². The molecule has 0 saturated carbocycles. The SMILES string of the molecule is CCOc1ccc(C(=O)Nc2c(C)cccc2C)cc1COc1ccc(Cl)c(C)c1. The van der Waals surface area contributed by atoms with Crippen molar-refractivity contribution in [2.75, 3.05) is 11.9 Å². The Hall–Kier alpha value is -2.98. The third-order valence-corrected chi connectivity index (χ3v) is 5.29. The predicted octanol–water partition coefficient (Wildman–Crippen LogP) is 6.50. The van der Waals surface area contributed by atoms with Crippen molar-refractivity contribution in [3.63, 3.8) is 0 Å². The lowest BCUT2D eigenvalue weighted by atomic mass is 10.1. The van der Waals surface area contributed by atoms with Gasteiger partial charge in [-0.25, -0.2) is 0 Å². The zero-order valence-corrected chi connectivity index (χ0v) is 18.5. The van der Waals surface area contributed by atoms with Crippen molar-refractivity contribution < 1.29 is 14.3 Å². The summed E-state index contributed by atoms with van der Waals surface area (Å²) >= 11 is 6.09. The minimum atomic E-state index is -0.168. The molecule has 0 aliphatic rings. The largest absolute Gasteiger partial charge is 0.493 e. The van der Waals surface area contributed by atoms with Crippen molar-refractivity contribution in [3.8, 4) is 11.5 Å². The number of carbonyl (C=O) groups excluding carboxylic acids is 1. The highest BCUT2D eigenvalue weighted by Gasteiger charge is 2.14. The Bertz CT molecular complexity index is 1040. The molecule has 1 amide bonds. The second-order valence-corrected chi connectivity index (χ2v) is 7.58. The van der Waals surface area contributed by atoms with E-state index in [-0.39, 0.29) is 12.5 Å². The van der Waals surface area contributed by atoms with Crippen LogP contribution in [0.3, 0.4) is 0 Å². The Balaban J connectivity index is 1.82. The van der Waals surface area contributed by atoms with Gasteiger partial charge in [-0.3, -0.25) is 4.79 Å². The van der Waals surface area contributed by atoms with Crippen LogP contribution in [0.25, 0.3) is 0 Å². The van der Waals surface area contributed by atoms with Crippen LogP contribution in [0.5, 0.6) is 11.5 Å². The van der Waals surface area contributed by atoms with Crippen molar-refractivity contribution in [1.82, 2.24) is 0 Å². The number of amides is 1. The molecule has 30 heavy (non-hydrogen) atoms. The Morgan fingerprint density at radius 1 is 0.933 bits per heavy atom. The normalized spacial score (nSPS) is 10.6. The first kappa shape index (κ1) is 21.7. The van der Waals surface area contributed by atoms with Crippen molar-refractivity contribution in [3.05, 3.63) is 87.4 Å². The summed E-state index contributed by atoms with van der Waals surface area (Å²) in [4.78, 5) is 12.9. The fourth-order valence-corrected chi connectivity index (χ4v) is 3.31. The Morgan fingerprint density at radius 2 is 1.67 bits per heavy atom. The number of rotatable bonds is 7. The van der Waals surface area contributed by atoms with Gasteiger partial charge in [0.05, 0.1) is 6.61 Å². The van der Waals surface area contributed by atoms with Crippen LogP contribution in [-0.4, -0.2) is 12.5 Å². The molecule has 0 aliphatic heterocycles. The molecular formula is C25H26ClNO3. The van der Waals surface area contributed by atoms with Gasteiger partial charge >= 0.3 is 0 Å². The molecule has 0 saturated heterocycles.